The van der Waals surface area contributed by atoms with Gasteiger partial charge in [-0.25, -0.2) is 22.8 Å². The lowest BCUT2D eigenvalue weighted by Crippen LogP contribution is -2.16. The summed E-state index contributed by atoms with van der Waals surface area (Å²) in [5, 5.41) is -0.323. The molecule has 0 bridgehead atoms. The zero-order valence-corrected chi connectivity index (χ0v) is 12.9. The fourth-order valence-corrected chi connectivity index (χ4v) is 2.93. The number of hydrogen-bond acceptors (Lipinski definition) is 5. The molecule has 2 aromatic rings. The molecule has 0 aliphatic carbocycles. The van der Waals surface area contributed by atoms with Gasteiger partial charge in [0.2, 0.25) is 0 Å². The zero-order chi connectivity index (χ0) is 15.8. The molecule has 21 heavy (non-hydrogen) atoms. The summed E-state index contributed by atoms with van der Waals surface area (Å²) < 4.78 is 40.2. The number of rotatable bonds is 3. The van der Waals surface area contributed by atoms with E-state index in [1.165, 1.54) is 0 Å². The number of nitrogen functional groups attached to an aromatic ring is 1. The summed E-state index contributed by atoms with van der Waals surface area (Å²) in [5.74, 6) is -1.19. The highest BCUT2D eigenvalue weighted by Crippen LogP contribution is 2.29. The van der Waals surface area contributed by atoms with Crippen molar-refractivity contribution in [2.75, 3.05) is 10.5 Å². The van der Waals surface area contributed by atoms with Crippen molar-refractivity contribution in [3.63, 3.8) is 0 Å². The monoisotopic (exact) mass is 350 g/mol. The van der Waals surface area contributed by atoms with Gasteiger partial charge in [-0.05, 0) is 24.6 Å². The van der Waals surface area contributed by atoms with Crippen LogP contribution < -0.4 is 10.5 Å². The molecule has 1 aromatic carbocycles. The van der Waals surface area contributed by atoms with Gasteiger partial charge in [0.15, 0.2) is 11.0 Å². The van der Waals surface area contributed by atoms with Gasteiger partial charge in [0.05, 0.1) is 0 Å². The molecule has 0 saturated heterocycles. The Morgan fingerprint density at radius 1 is 1.29 bits per heavy atom. The van der Waals surface area contributed by atoms with Crippen LogP contribution >= 0.6 is 23.2 Å². The smallest absolute Gasteiger partial charge is 0.266 e. The van der Waals surface area contributed by atoms with Gasteiger partial charge in [0.25, 0.3) is 10.0 Å². The van der Waals surface area contributed by atoms with E-state index in [1.807, 2.05) is 4.72 Å². The second kappa shape index (κ2) is 5.63. The van der Waals surface area contributed by atoms with Crippen molar-refractivity contribution in [2.45, 2.75) is 11.8 Å². The Morgan fingerprint density at radius 3 is 2.62 bits per heavy atom. The van der Waals surface area contributed by atoms with Gasteiger partial charge < -0.3 is 5.73 Å². The minimum absolute atomic E-state index is 0.131. The number of aromatic nitrogens is 2. The molecule has 1 heterocycles. The van der Waals surface area contributed by atoms with Gasteiger partial charge in [-0.2, -0.15) is 0 Å². The third-order valence-electron chi connectivity index (χ3n) is 2.59. The van der Waals surface area contributed by atoms with E-state index in [2.05, 4.69) is 9.97 Å². The van der Waals surface area contributed by atoms with E-state index in [9.17, 15) is 12.8 Å². The van der Waals surface area contributed by atoms with Crippen LogP contribution in [0.15, 0.2) is 23.4 Å². The first-order chi connectivity index (χ1) is 9.72. The van der Waals surface area contributed by atoms with E-state index in [0.717, 1.165) is 18.5 Å². The maximum atomic E-state index is 13.8. The van der Waals surface area contributed by atoms with Crippen molar-refractivity contribution in [3.8, 4) is 0 Å². The first-order valence-electron chi connectivity index (χ1n) is 5.47. The van der Waals surface area contributed by atoms with Crippen molar-refractivity contribution >= 4 is 44.7 Å². The van der Waals surface area contributed by atoms with Crippen LogP contribution in [0, 0.1) is 12.7 Å². The molecule has 0 aliphatic heterocycles. The number of nitrogens with two attached hydrogens (primary N) is 1. The van der Waals surface area contributed by atoms with E-state index in [4.69, 9.17) is 28.9 Å². The number of halogens is 3. The van der Waals surface area contributed by atoms with E-state index < -0.39 is 20.7 Å². The first-order valence-corrected chi connectivity index (χ1v) is 7.70. The maximum Gasteiger partial charge on any atom is 0.266 e. The minimum atomic E-state index is -4.26. The lowest BCUT2D eigenvalue weighted by Gasteiger charge is -2.11. The molecule has 0 aliphatic rings. The van der Waals surface area contributed by atoms with Crippen LogP contribution in [0.3, 0.4) is 0 Å². The molecule has 0 spiro atoms. The molecule has 0 unspecified atom stereocenters. The molecule has 1 aromatic heterocycles. The van der Waals surface area contributed by atoms with Crippen LogP contribution in [0.4, 0.5) is 15.9 Å². The van der Waals surface area contributed by atoms with E-state index >= 15 is 0 Å². The average Bonchev–Trinajstić information content (AvgIpc) is 2.39. The normalized spacial score (nSPS) is 11.4. The first kappa shape index (κ1) is 15.7. The molecule has 0 saturated carbocycles. The number of anilines is 2. The van der Waals surface area contributed by atoms with Gasteiger partial charge in [-0.15, -0.1) is 0 Å². The van der Waals surface area contributed by atoms with E-state index in [1.54, 1.807) is 6.92 Å². The summed E-state index contributed by atoms with van der Waals surface area (Å²) in [6.45, 7) is 1.56. The predicted octanol–water partition coefficient (Wildman–Crippen LogP) is 2.61. The van der Waals surface area contributed by atoms with Gasteiger partial charge >= 0.3 is 0 Å². The second-order valence-electron chi connectivity index (χ2n) is 4.07. The van der Waals surface area contributed by atoms with Gasteiger partial charge in [0.1, 0.15) is 22.1 Å². The standard InChI is InChI=1S/C11H9Cl2FN4O2S/c1-5-2-6(14)8(3-7(5)15)21(19,20)18-11-9(12)10(13)16-4-17-11/h2-4H,15H2,1H3,(H,16,17,18). The molecular weight excluding hydrogens is 342 g/mol. The van der Waals surface area contributed by atoms with Crippen molar-refractivity contribution < 1.29 is 12.8 Å². The second-order valence-corrected chi connectivity index (χ2v) is 6.46. The molecule has 6 nitrogen and oxygen atoms in total. The molecule has 0 fully saturated rings. The molecule has 0 radical (unpaired) electrons. The van der Waals surface area contributed by atoms with Crippen molar-refractivity contribution in [3.05, 3.63) is 40.0 Å². The van der Waals surface area contributed by atoms with Crippen LogP contribution in [0.1, 0.15) is 5.56 Å². The number of nitrogens with one attached hydrogen (secondary N) is 1. The molecule has 112 valence electrons. The van der Waals surface area contributed by atoms with Crippen LogP contribution in [0.25, 0.3) is 0 Å². The molecule has 0 atom stereocenters. The maximum absolute atomic E-state index is 13.8. The predicted molar refractivity (Wildman–Crippen MR) is 78.4 cm³/mol. The Morgan fingerprint density at radius 2 is 1.95 bits per heavy atom. The average molecular weight is 351 g/mol. The van der Waals surface area contributed by atoms with Crippen molar-refractivity contribution in [2.24, 2.45) is 0 Å². The highest BCUT2D eigenvalue weighted by molar-refractivity contribution is 7.92. The van der Waals surface area contributed by atoms with Crippen LogP contribution in [0.2, 0.25) is 10.2 Å². The summed E-state index contributed by atoms with van der Waals surface area (Å²) in [6, 6.07) is 2.04. The number of hydrogen-bond donors (Lipinski definition) is 2. The summed E-state index contributed by atoms with van der Waals surface area (Å²) in [7, 11) is -4.26. The number of aryl methyl sites for hydroxylation is 1. The Bertz CT molecular complexity index is 814. The van der Waals surface area contributed by atoms with E-state index in [0.29, 0.717) is 5.56 Å². The molecular formula is C11H9Cl2FN4O2S. The lowest BCUT2D eigenvalue weighted by atomic mass is 10.2. The minimum Gasteiger partial charge on any atom is -0.398 e. The topological polar surface area (TPSA) is 98.0 Å². The van der Waals surface area contributed by atoms with Crippen molar-refractivity contribution in [1.29, 1.82) is 0 Å². The van der Waals surface area contributed by atoms with E-state index in [-0.39, 0.29) is 21.7 Å². The summed E-state index contributed by atoms with van der Waals surface area (Å²) in [6.07, 6.45) is 1.02. The summed E-state index contributed by atoms with van der Waals surface area (Å²) >= 11 is 11.4. The Balaban J connectivity index is 2.48. The van der Waals surface area contributed by atoms with Crippen LogP contribution in [0.5, 0.6) is 0 Å². The van der Waals surface area contributed by atoms with Crippen LogP contribution in [-0.4, -0.2) is 18.4 Å². The number of nitrogens with zero attached hydrogens (tertiary/aromatic N) is 2. The fraction of sp³-hybridized carbons (Fsp3) is 0.0909. The molecule has 10 heteroatoms. The van der Waals surface area contributed by atoms with Gasteiger partial charge in [0, 0.05) is 5.69 Å². The molecule has 3 N–H and O–H groups in total. The van der Waals surface area contributed by atoms with Gasteiger partial charge in [-0.3, -0.25) is 4.72 Å². The highest BCUT2D eigenvalue weighted by Gasteiger charge is 2.22. The number of sulfonamides is 1. The molecule has 2 rings (SSSR count). The summed E-state index contributed by atoms with van der Waals surface area (Å²) in [4.78, 5) is 6.61. The van der Waals surface area contributed by atoms with Crippen LogP contribution in [-0.2, 0) is 10.0 Å². The third-order valence-corrected chi connectivity index (χ3v) is 4.68. The highest BCUT2D eigenvalue weighted by atomic mass is 35.5. The largest absolute Gasteiger partial charge is 0.398 e. The third kappa shape index (κ3) is 3.17. The van der Waals surface area contributed by atoms with Gasteiger partial charge in [-0.1, -0.05) is 23.2 Å². The zero-order valence-electron chi connectivity index (χ0n) is 10.6. The number of benzene rings is 1. The summed E-state index contributed by atoms with van der Waals surface area (Å²) in [5.41, 5.74) is 6.17. The van der Waals surface area contributed by atoms with Crippen molar-refractivity contribution in [1.82, 2.24) is 9.97 Å². The molecule has 0 amide bonds. The fourth-order valence-electron chi connectivity index (χ4n) is 1.48. The Labute approximate surface area is 130 Å². The quantitative estimate of drug-likeness (QED) is 0.654. The Kier molecular flexibility index (Phi) is 4.22. The Hall–Kier alpha value is -1.64. The lowest BCUT2D eigenvalue weighted by molar-refractivity contribution is 0.570. The SMILES string of the molecule is Cc1cc(F)c(S(=O)(=O)Nc2ncnc(Cl)c2Cl)cc1N.